The second kappa shape index (κ2) is 12.9. The number of ether oxygens (including phenoxy) is 4. The molecule has 0 heterocycles. The number of rotatable bonds is 13. The van der Waals surface area contributed by atoms with Crippen molar-refractivity contribution in [3.05, 3.63) is 82.4 Å². The third-order valence-electron chi connectivity index (χ3n) is 5.29. The third kappa shape index (κ3) is 6.89. The highest BCUT2D eigenvalue weighted by Crippen LogP contribution is 2.39. The van der Waals surface area contributed by atoms with Crippen LogP contribution >= 0.6 is 11.6 Å². The van der Waals surface area contributed by atoms with Crippen molar-refractivity contribution < 1.29 is 23.7 Å². The number of halogens is 1. The molecule has 3 aromatic rings. The van der Waals surface area contributed by atoms with Crippen molar-refractivity contribution in [2.45, 2.75) is 26.1 Å². The summed E-state index contributed by atoms with van der Waals surface area (Å²) in [5, 5.41) is 3.31. The Morgan fingerprint density at radius 3 is 1.91 bits per heavy atom. The van der Waals surface area contributed by atoms with Gasteiger partial charge in [0.15, 0.2) is 17.3 Å². The fraction of sp³-hybridized carbons (Fsp3) is 0.296. The molecule has 0 fully saturated rings. The first-order valence-electron chi connectivity index (χ1n) is 11.1. The van der Waals surface area contributed by atoms with Crippen molar-refractivity contribution in [3.8, 4) is 23.0 Å². The summed E-state index contributed by atoms with van der Waals surface area (Å²) >= 11 is 6.68. The van der Waals surface area contributed by atoms with Crippen LogP contribution in [0.4, 0.5) is 0 Å². The number of Topliss-reactive ketones (excluding diaryl/α,β-unsaturated/α-hetero) is 1. The van der Waals surface area contributed by atoms with E-state index in [2.05, 4.69) is 5.32 Å². The minimum Gasteiger partial charge on any atom is -0.497 e. The van der Waals surface area contributed by atoms with E-state index in [-0.39, 0.29) is 17.4 Å². The van der Waals surface area contributed by atoms with E-state index in [0.717, 1.165) is 35.6 Å². The van der Waals surface area contributed by atoms with Gasteiger partial charge in [-0.05, 0) is 67.5 Å². The van der Waals surface area contributed by atoms with Gasteiger partial charge in [0.1, 0.15) is 24.7 Å². The summed E-state index contributed by atoms with van der Waals surface area (Å²) in [4.78, 5) is 12.8. The Labute approximate surface area is 205 Å². The van der Waals surface area contributed by atoms with Gasteiger partial charge >= 0.3 is 0 Å². The van der Waals surface area contributed by atoms with Crippen molar-refractivity contribution in [1.82, 2.24) is 5.32 Å². The van der Waals surface area contributed by atoms with Crippen LogP contribution < -0.4 is 24.3 Å². The standard InChI is InChI=1S/C27H30ClNO5/c1-29-16-4-5-24(30)23-14-15-25(33-17-19-6-10-21(31-2)11-7-19)27(26(23)28)34-18-20-8-12-22(32-3)13-9-20/h6-15,29H,4-5,16-18H2,1-3H3. The lowest BCUT2D eigenvalue weighted by molar-refractivity contribution is 0.0979. The van der Waals surface area contributed by atoms with Crippen molar-refractivity contribution in [1.29, 1.82) is 0 Å². The predicted octanol–water partition coefficient (Wildman–Crippen LogP) is 5.70. The van der Waals surface area contributed by atoms with E-state index in [9.17, 15) is 4.79 Å². The van der Waals surface area contributed by atoms with Gasteiger partial charge in [-0.2, -0.15) is 0 Å². The largest absolute Gasteiger partial charge is 0.497 e. The number of nitrogens with one attached hydrogen (secondary N) is 1. The number of carbonyl (C=O) groups excluding carboxylic acids is 1. The van der Waals surface area contributed by atoms with Crippen LogP contribution in [0.2, 0.25) is 5.02 Å². The predicted molar refractivity (Wildman–Crippen MR) is 134 cm³/mol. The molecule has 0 radical (unpaired) electrons. The summed E-state index contributed by atoms with van der Waals surface area (Å²) in [5.41, 5.74) is 2.33. The normalized spacial score (nSPS) is 10.6. The highest BCUT2D eigenvalue weighted by atomic mass is 35.5. The van der Waals surface area contributed by atoms with Crippen LogP contribution in [0.1, 0.15) is 34.3 Å². The molecule has 0 aliphatic carbocycles. The number of benzene rings is 3. The maximum Gasteiger partial charge on any atom is 0.180 e. The zero-order valence-corrected chi connectivity index (χ0v) is 20.5. The molecule has 0 atom stereocenters. The number of methoxy groups -OCH3 is 2. The molecule has 34 heavy (non-hydrogen) atoms. The minimum atomic E-state index is -0.0312. The Morgan fingerprint density at radius 2 is 1.38 bits per heavy atom. The topological polar surface area (TPSA) is 66.0 Å². The van der Waals surface area contributed by atoms with Gasteiger partial charge in [0, 0.05) is 12.0 Å². The van der Waals surface area contributed by atoms with Crippen LogP contribution in [0.5, 0.6) is 23.0 Å². The molecule has 180 valence electrons. The molecule has 0 amide bonds. The van der Waals surface area contributed by atoms with Crippen LogP contribution in [0.3, 0.4) is 0 Å². The molecule has 7 heteroatoms. The molecule has 0 bridgehead atoms. The third-order valence-corrected chi connectivity index (χ3v) is 5.66. The van der Waals surface area contributed by atoms with Crippen LogP contribution in [0.25, 0.3) is 0 Å². The van der Waals surface area contributed by atoms with Crippen LogP contribution in [0.15, 0.2) is 60.7 Å². The summed E-state index contributed by atoms with van der Waals surface area (Å²) < 4.78 is 22.5. The number of hydrogen-bond donors (Lipinski definition) is 1. The van der Waals surface area contributed by atoms with E-state index < -0.39 is 0 Å². The first-order chi connectivity index (χ1) is 16.5. The SMILES string of the molecule is CNCCCC(=O)c1ccc(OCc2ccc(OC)cc2)c(OCc2ccc(OC)cc2)c1Cl. The van der Waals surface area contributed by atoms with Gasteiger partial charge in [0.25, 0.3) is 0 Å². The zero-order chi connectivity index (χ0) is 24.3. The summed E-state index contributed by atoms with van der Waals surface area (Å²) in [6, 6.07) is 18.6. The van der Waals surface area contributed by atoms with E-state index in [1.807, 2.05) is 55.6 Å². The van der Waals surface area contributed by atoms with Gasteiger partial charge in [-0.25, -0.2) is 0 Å². The summed E-state index contributed by atoms with van der Waals surface area (Å²) in [7, 11) is 5.11. The molecule has 0 spiro atoms. The van der Waals surface area contributed by atoms with Gasteiger partial charge in [-0.15, -0.1) is 0 Å². The summed E-state index contributed by atoms with van der Waals surface area (Å²) in [5.74, 6) is 2.33. The highest BCUT2D eigenvalue weighted by Gasteiger charge is 2.19. The van der Waals surface area contributed by atoms with Gasteiger partial charge in [0.05, 0.1) is 19.2 Å². The van der Waals surface area contributed by atoms with E-state index in [1.165, 1.54) is 0 Å². The lowest BCUT2D eigenvalue weighted by Gasteiger charge is -2.17. The lowest BCUT2D eigenvalue weighted by atomic mass is 10.1. The van der Waals surface area contributed by atoms with Gasteiger partial charge in [-0.1, -0.05) is 35.9 Å². The second-order valence-corrected chi connectivity index (χ2v) is 8.04. The van der Waals surface area contributed by atoms with Crippen LogP contribution in [-0.4, -0.2) is 33.6 Å². The van der Waals surface area contributed by atoms with Crippen molar-refractivity contribution in [3.63, 3.8) is 0 Å². The molecule has 0 aliphatic rings. The molecule has 6 nitrogen and oxygen atoms in total. The van der Waals surface area contributed by atoms with Crippen LogP contribution in [-0.2, 0) is 13.2 Å². The minimum absolute atomic E-state index is 0.0312. The molecule has 0 aliphatic heterocycles. The molecule has 1 N–H and O–H groups in total. The van der Waals surface area contributed by atoms with E-state index in [0.29, 0.717) is 30.1 Å². The van der Waals surface area contributed by atoms with E-state index in [1.54, 1.807) is 26.4 Å². The summed E-state index contributed by atoms with van der Waals surface area (Å²) in [6.07, 6.45) is 1.12. The highest BCUT2D eigenvalue weighted by molar-refractivity contribution is 6.35. The number of carbonyl (C=O) groups is 1. The maximum atomic E-state index is 12.8. The average molecular weight is 484 g/mol. The van der Waals surface area contributed by atoms with Crippen molar-refractivity contribution in [2.75, 3.05) is 27.8 Å². The first kappa shape index (κ1) is 25.4. The van der Waals surface area contributed by atoms with Gasteiger partial charge < -0.3 is 24.3 Å². The molecule has 3 aromatic carbocycles. The Morgan fingerprint density at radius 1 is 0.824 bits per heavy atom. The quantitative estimate of drug-likeness (QED) is 0.248. The fourth-order valence-electron chi connectivity index (χ4n) is 3.32. The Bertz CT molecular complexity index is 1070. The molecule has 0 unspecified atom stereocenters. The average Bonchev–Trinajstić information content (AvgIpc) is 2.87. The molecule has 0 aromatic heterocycles. The lowest BCUT2D eigenvalue weighted by Crippen LogP contribution is -2.11. The fourth-order valence-corrected chi connectivity index (χ4v) is 3.64. The Hall–Kier alpha value is -3.22. The first-order valence-corrected chi connectivity index (χ1v) is 11.4. The smallest absolute Gasteiger partial charge is 0.180 e. The van der Waals surface area contributed by atoms with E-state index >= 15 is 0 Å². The molecule has 0 saturated heterocycles. The van der Waals surface area contributed by atoms with Gasteiger partial charge in [-0.3, -0.25) is 4.79 Å². The van der Waals surface area contributed by atoms with Crippen molar-refractivity contribution in [2.24, 2.45) is 0 Å². The molecular weight excluding hydrogens is 454 g/mol. The van der Waals surface area contributed by atoms with Crippen molar-refractivity contribution >= 4 is 17.4 Å². The summed E-state index contributed by atoms with van der Waals surface area (Å²) in [6.45, 7) is 1.34. The van der Waals surface area contributed by atoms with Crippen LogP contribution in [0, 0.1) is 0 Å². The molecule has 3 rings (SSSR count). The maximum absolute atomic E-state index is 12.8. The molecule has 0 saturated carbocycles. The number of hydrogen-bond acceptors (Lipinski definition) is 6. The Balaban J connectivity index is 1.81. The molecular formula is C27H30ClNO5. The Kier molecular flexibility index (Phi) is 9.62. The number of ketones is 1. The monoisotopic (exact) mass is 483 g/mol. The second-order valence-electron chi connectivity index (χ2n) is 7.66. The zero-order valence-electron chi connectivity index (χ0n) is 19.7. The van der Waals surface area contributed by atoms with E-state index in [4.69, 9.17) is 30.5 Å². The van der Waals surface area contributed by atoms with Gasteiger partial charge in [0.2, 0.25) is 0 Å².